The van der Waals surface area contributed by atoms with Crippen LogP contribution in [0.2, 0.25) is 0 Å². The molecule has 30 heavy (non-hydrogen) atoms. The molecule has 3 aromatic rings. The predicted molar refractivity (Wildman–Crippen MR) is 109 cm³/mol. The lowest BCUT2D eigenvalue weighted by Gasteiger charge is -2.44. The van der Waals surface area contributed by atoms with Crippen molar-refractivity contribution in [3.8, 4) is 0 Å². The van der Waals surface area contributed by atoms with Crippen LogP contribution in [0.4, 0.5) is 5.95 Å². The number of aromatic nitrogens is 4. The van der Waals surface area contributed by atoms with E-state index < -0.39 is 7.82 Å². The maximum Gasteiger partial charge on any atom is 0.472 e. The molecule has 1 fully saturated rings. The van der Waals surface area contributed by atoms with Crippen LogP contribution in [0, 0.1) is 11.8 Å². The zero-order valence-corrected chi connectivity index (χ0v) is 17.1. The van der Waals surface area contributed by atoms with Gasteiger partial charge >= 0.3 is 7.82 Å². The van der Waals surface area contributed by atoms with E-state index in [0.29, 0.717) is 24.0 Å². The molecule has 160 valence electrons. The number of nitrogen functional groups attached to an aromatic ring is 1. The molecule has 0 aliphatic heterocycles. The molecule has 0 spiro atoms. The summed E-state index contributed by atoms with van der Waals surface area (Å²) in [5, 5.41) is 9.84. The van der Waals surface area contributed by atoms with Gasteiger partial charge in [-0.3, -0.25) is 9.05 Å². The molecule has 1 saturated carbocycles. The number of phosphoric acid groups is 1. The molecule has 4 atom stereocenters. The number of fused-ring (bicyclic) bond motifs is 1. The number of hydrogen-bond donors (Lipinski definition) is 3. The van der Waals surface area contributed by atoms with Crippen molar-refractivity contribution in [2.24, 2.45) is 11.8 Å². The van der Waals surface area contributed by atoms with E-state index in [-0.39, 0.29) is 43.6 Å². The molecule has 10 nitrogen and oxygen atoms in total. The monoisotopic (exact) mass is 433 g/mol. The van der Waals surface area contributed by atoms with Crippen LogP contribution in [0.5, 0.6) is 0 Å². The summed E-state index contributed by atoms with van der Waals surface area (Å²) in [5.41, 5.74) is 7.90. The van der Waals surface area contributed by atoms with E-state index in [0.717, 1.165) is 5.56 Å². The van der Waals surface area contributed by atoms with Gasteiger partial charge < -0.3 is 20.3 Å². The van der Waals surface area contributed by atoms with Crippen LogP contribution in [-0.4, -0.2) is 49.3 Å². The van der Waals surface area contributed by atoms with E-state index >= 15 is 0 Å². The maximum absolute atomic E-state index is 12.2. The third kappa shape index (κ3) is 4.53. The summed E-state index contributed by atoms with van der Waals surface area (Å²) in [6.45, 7) is 0.00475. The second-order valence-corrected chi connectivity index (χ2v) is 8.79. The predicted octanol–water partition coefficient (Wildman–Crippen LogP) is 1.95. The minimum atomic E-state index is -4.16. The smallest absolute Gasteiger partial charge is 0.396 e. The highest BCUT2D eigenvalue weighted by molar-refractivity contribution is 7.47. The number of imidazole rings is 1. The Labute approximate surface area is 173 Å². The third-order valence-corrected chi connectivity index (χ3v) is 6.47. The Morgan fingerprint density at radius 1 is 1.23 bits per heavy atom. The van der Waals surface area contributed by atoms with Gasteiger partial charge in [0.05, 0.1) is 25.7 Å². The zero-order valence-electron chi connectivity index (χ0n) is 16.2. The standard InChI is InChI=1S/C19H24N5O5P/c20-19-21-9-16-18(23-19)24(12-22-16)17-8-14(15(17)10-25)11-29-30(26,27)28-7-6-13-4-2-1-3-5-13/h1-5,9,12,14-15,17,25H,6-8,10-11H2,(H,26,27)(H2,20,21,23)/t14-,15-,17-/m1/s1. The van der Waals surface area contributed by atoms with Gasteiger partial charge in [-0.15, -0.1) is 0 Å². The first kappa shape index (κ1) is 20.9. The largest absolute Gasteiger partial charge is 0.472 e. The number of anilines is 1. The molecule has 4 N–H and O–H groups in total. The molecular weight excluding hydrogens is 409 g/mol. The van der Waals surface area contributed by atoms with Crippen molar-refractivity contribution in [1.82, 2.24) is 19.5 Å². The Morgan fingerprint density at radius 3 is 2.80 bits per heavy atom. The number of rotatable bonds is 9. The van der Waals surface area contributed by atoms with Gasteiger partial charge in [0.15, 0.2) is 5.65 Å². The quantitative estimate of drug-likeness (QED) is 0.431. The second-order valence-electron chi connectivity index (χ2n) is 7.33. The number of phosphoric ester groups is 1. The average Bonchev–Trinajstić information content (AvgIpc) is 3.11. The van der Waals surface area contributed by atoms with E-state index in [1.54, 1.807) is 12.5 Å². The molecule has 0 saturated heterocycles. The molecule has 1 aliphatic carbocycles. The highest BCUT2D eigenvalue weighted by Crippen LogP contribution is 2.49. The first-order valence-corrected chi connectivity index (χ1v) is 11.2. The molecule has 1 aliphatic rings. The molecule has 0 radical (unpaired) electrons. The van der Waals surface area contributed by atoms with Crippen molar-refractivity contribution in [2.45, 2.75) is 18.9 Å². The lowest BCUT2D eigenvalue weighted by Crippen LogP contribution is -2.42. The Hall–Kier alpha value is -2.36. The van der Waals surface area contributed by atoms with Crippen molar-refractivity contribution in [2.75, 3.05) is 25.6 Å². The Balaban J connectivity index is 1.31. The molecular formula is C19H24N5O5P. The van der Waals surface area contributed by atoms with E-state index in [9.17, 15) is 14.6 Å². The number of aliphatic hydroxyl groups is 1. The number of nitrogens with zero attached hydrogens (tertiary/aromatic N) is 4. The highest BCUT2D eigenvalue weighted by atomic mass is 31.2. The minimum Gasteiger partial charge on any atom is -0.396 e. The molecule has 1 unspecified atom stereocenters. The summed E-state index contributed by atoms with van der Waals surface area (Å²) in [7, 11) is -4.16. The van der Waals surface area contributed by atoms with Crippen LogP contribution >= 0.6 is 7.82 Å². The van der Waals surface area contributed by atoms with E-state index in [2.05, 4.69) is 15.0 Å². The van der Waals surface area contributed by atoms with E-state index in [4.69, 9.17) is 14.8 Å². The summed E-state index contributed by atoms with van der Waals surface area (Å²) >= 11 is 0. The Bertz CT molecular complexity index is 1050. The number of aliphatic hydroxyl groups excluding tert-OH is 1. The fourth-order valence-electron chi connectivity index (χ4n) is 3.79. The SMILES string of the molecule is Nc1ncc2ncn([C@@H]3C[C@H](COP(=O)(O)OCCc4ccccc4)[C@H]3CO)c2n1. The van der Waals surface area contributed by atoms with Gasteiger partial charge in [0, 0.05) is 18.6 Å². The van der Waals surface area contributed by atoms with Gasteiger partial charge in [0.1, 0.15) is 5.52 Å². The summed E-state index contributed by atoms with van der Waals surface area (Å²) in [6, 6.07) is 9.49. The Kier molecular flexibility index (Phi) is 6.12. The van der Waals surface area contributed by atoms with Crippen molar-refractivity contribution in [1.29, 1.82) is 0 Å². The molecule has 2 aromatic heterocycles. The first-order valence-electron chi connectivity index (χ1n) is 9.68. The van der Waals surface area contributed by atoms with Gasteiger partial charge in [-0.25, -0.2) is 14.5 Å². The third-order valence-electron chi connectivity index (χ3n) is 5.49. The number of hydrogen-bond acceptors (Lipinski definition) is 8. The number of benzene rings is 1. The number of nitrogens with two attached hydrogens (primary N) is 1. The van der Waals surface area contributed by atoms with E-state index in [1.165, 1.54) is 0 Å². The van der Waals surface area contributed by atoms with Crippen LogP contribution in [0.3, 0.4) is 0 Å². The molecule has 1 aromatic carbocycles. The second kappa shape index (κ2) is 8.79. The van der Waals surface area contributed by atoms with Crippen LogP contribution in [-0.2, 0) is 20.0 Å². The van der Waals surface area contributed by atoms with Crippen molar-refractivity contribution in [3.05, 3.63) is 48.4 Å². The minimum absolute atomic E-state index is 0.0184. The maximum atomic E-state index is 12.2. The summed E-state index contributed by atoms with van der Waals surface area (Å²) < 4.78 is 24.3. The Morgan fingerprint density at radius 2 is 2.03 bits per heavy atom. The van der Waals surface area contributed by atoms with Gasteiger partial charge in [0.2, 0.25) is 5.95 Å². The first-order chi connectivity index (χ1) is 14.5. The highest BCUT2D eigenvalue weighted by Gasteiger charge is 2.43. The van der Waals surface area contributed by atoms with Gasteiger partial charge in [0.25, 0.3) is 0 Å². The van der Waals surface area contributed by atoms with Crippen molar-refractivity contribution < 1.29 is 23.6 Å². The lowest BCUT2D eigenvalue weighted by atomic mass is 9.70. The van der Waals surface area contributed by atoms with Crippen LogP contribution in [0.15, 0.2) is 42.9 Å². The normalized spacial score (nSPS) is 23.2. The van der Waals surface area contributed by atoms with Gasteiger partial charge in [-0.2, -0.15) is 4.98 Å². The lowest BCUT2D eigenvalue weighted by molar-refractivity contribution is -0.00795. The zero-order chi connectivity index (χ0) is 21.1. The van der Waals surface area contributed by atoms with Crippen LogP contribution in [0.25, 0.3) is 11.2 Å². The molecule has 4 rings (SSSR count). The fourth-order valence-corrected chi connectivity index (χ4v) is 4.57. The average molecular weight is 433 g/mol. The van der Waals surface area contributed by atoms with Crippen molar-refractivity contribution >= 4 is 24.9 Å². The van der Waals surface area contributed by atoms with Gasteiger partial charge in [-0.1, -0.05) is 30.3 Å². The topological polar surface area (TPSA) is 146 Å². The fraction of sp³-hybridized carbons (Fsp3) is 0.421. The molecule has 11 heteroatoms. The summed E-state index contributed by atoms with van der Waals surface area (Å²) in [5.74, 6) is -0.101. The van der Waals surface area contributed by atoms with Crippen LogP contribution in [0.1, 0.15) is 18.0 Å². The van der Waals surface area contributed by atoms with Crippen molar-refractivity contribution in [3.63, 3.8) is 0 Å². The summed E-state index contributed by atoms with van der Waals surface area (Å²) in [4.78, 5) is 22.4. The molecule has 2 heterocycles. The summed E-state index contributed by atoms with van der Waals surface area (Å²) in [6.07, 6.45) is 4.35. The van der Waals surface area contributed by atoms with Crippen LogP contribution < -0.4 is 5.73 Å². The van der Waals surface area contributed by atoms with E-state index in [1.807, 2.05) is 34.9 Å². The molecule has 0 amide bonds. The molecule has 0 bridgehead atoms. The van der Waals surface area contributed by atoms with Gasteiger partial charge in [-0.05, 0) is 24.3 Å².